The first-order valence-electron chi connectivity index (χ1n) is 9.41. The van der Waals surface area contributed by atoms with Crippen LogP contribution in [0.25, 0.3) is 15.9 Å². The third-order valence-corrected chi connectivity index (χ3v) is 6.39. The molecule has 1 amide bonds. The number of fused-ring (bicyclic) bond motifs is 1. The molecule has 2 aromatic heterocycles. The Balaban J connectivity index is 1.62. The predicted octanol–water partition coefficient (Wildman–Crippen LogP) is 4.33. The number of anilines is 1. The molecule has 1 N–H and O–H groups in total. The van der Waals surface area contributed by atoms with Crippen molar-refractivity contribution in [3.8, 4) is 17.2 Å². The number of aromatic nitrogens is 2. The van der Waals surface area contributed by atoms with Crippen LogP contribution in [0.5, 0.6) is 11.5 Å². The van der Waals surface area contributed by atoms with Crippen molar-refractivity contribution in [1.82, 2.24) is 9.55 Å². The van der Waals surface area contributed by atoms with Crippen LogP contribution in [0.4, 0.5) is 10.1 Å². The van der Waals surface area contributed by atoms with Gasteiger partial charge in [-0.05, 0) is 35.7 Å². The Labute approximate surface area is 190 Å². The molecule has 7 nitrogen and oxygen atoms in total. The molecular formula is C22H18FN3O4S2. The highest BCUT2D eigenvalue weighted by Crippen LogP contribution is 2.30. The summed E-state index contributed by atoms with van der Waals surface area (Å²) in [5.41, 5.74) is 0.689. The molecule has 0 aliphatic rings. The molecule has 32 heavy (non-hydrogen) atoms. The summed E-state index contributed by atoms with van der Waals surface area (Å²) in [7, 11) is 3.03. The number of amides is 1. The molecule has 0 unspecified atom stereocenters. The number of hydrogen-bond acceptors (Lipinski definition) is 7. The van der Waals surface area contributed by atoms with Crippen LogP contribution in [-0.2, 0) is 4.79 Å². The fraction of sp³-hybridized carbons (Fsp3) is 0.136. The van der Waals surface area contributed by atoms with Gasteiger partial charge in [0.25, 0.3) is 5.56 Å². The number of hydrogen-bond donors (Lipinski definition) is 1. The Morgan fingerprint density at radius 3 is 2.75 bits per heavy atom. The molecule has 0 spiro atoms. The summed E-state index contributed by atoms with van der Waals surface area (Å²) in [6, 6.07) is 12.7. The van der Waals surface area contributed by atoms with Gasteiger partial charge in [0.15, 0.2) is 5.16 Å². The lowest BCUT2D eigenvalue weighted by atomic mass is 10.2. The first kappa shape index (κ1) is 21.8. The maximum absolute atomic E-state index is 14.5. The lowest BCUT2D eigenvalue weighted by Gasteiger charge is -2.14. The fourth-order valence-corrected chi connectivity index (χ4v) is 4.62. The number of thiophene rings is 1. The second-order valence-corrected chi connectivity index (χ2v) is 8.38. The number of thioether (sulfide) groups is 1. The molecule has 0 aliphatic heterocycles. The number of rotatable bonds is 7. The molecule has 4 rings (SSSR count). The zero-order valence-electron chi connectivity index (χ0n) is 17.1. The van der Waals surface area contributed by atoms with Crippen LogP contribution in [-0.4, -0.2) is 35.4 Å². The quantitative estimate of drug-likeness (QED) is 0.319. The Morgan fingerprint density at radius 1 is 1.19 bits per heavy atom. The highest BCUT2D eigenvalue weighted by Gasteiger charge is 2.18. The van der Waals surface area contributed by atoms with E-state index >= 15 is 0 Å². The highest BCUT2D eigenvalue weighted by atomic mass is 32.2. The van der Waals surface area contributed by atoms with Crippen LogP contribution in [0.1, 0.15) is 0 Å². The van der Waals surface area contributed by atoms with Crippen molar-refractivity contribution in [2.45, 2.75) is 5.16 Å². The van der Waals surface area contributed by atoms with E-state index in [1.165, 1.54) is 42.3 Å². The summed E-state index contributed by atoms with van der Waals surface area (Å²) in [5.74, 6) is 0.103. The molecular weight excluding hydrogens is 453 g/mol. The van der Waals surface area contributed by atoms with Crippen LogP contribution < -0.4 is 20.3 Å². The van der Waals surface area contributed by atoms with E-state index in [0.29, 0.717) is 27.4 Å². The van der Waals surface area contributed by atoms with E-state index < -0.39 is 5.82 Å². The molecule has 0 radical (unpaired) electrons. The van der Waals surface area contributed by atoms with E-state index in [2.05, 4.69) is 10.3 Å². The normalized spacial score (nSPS) is 10.8. The lowest BCUT2D eigenvalue weighted by molar-refractivity contribution is -0.113. The van der Waals surface area contributed by atoms with Crippen LogP contribution in [0.15, 0.2) is 63.9 Å². The standard InChI is InChI=1S/C22H18FN3O4S2/c1-29-13-7-8-15(18(11-13)30-2)24-19(27)12-32-22-25-16-9-10-31-20(16)21(28)26(22)17-6-4-3-5-14(17)23/h3-11H,12H2,1-2H3,(H,24,27). The minimum atomic E-state index is -0.554. The average molecular weight is 472 g/mol. The number of benzene rings is 2. The van der Waals surface area contributed by atoms with Crippen molar-refractivity contribution >= 4 is 44.9 Å². The van der Waals surface area contributed by atoms with E-state index in [-0.39, 0.29) is 28.1 Å². The van der Waals surface area contributed by atoms with Gasteiger partial charge in [0.2, 0.25) is 5.91 Å². The third kappa shape index (κ3) is 4.32. The lowest BCUT2D eigenvalue weighted by Crippen LogP contribution is -2.23. The van der Waals surface area contributed by atoms with Gasteiger partial charge in [0.05, 0.1) is 36.9 Å². The number of carbonyl (C=O) groups excluding carboxylic acids is 1. The van der Waals surface area contributed by atoms with Gasteiger partial charge in [0, 0.05) is 6.07 Å². The summed E-state index contributed by atoms with van der Waals surface area (Å²) in [6.07, 6.45) is 0. The Bertz CT molecular complexity index is 1350. The van der Waals surface area contributed by atoms with E-state index in [0.717, 1.165) is 11.8 Å². The zero-order chi connectivity index (χ0) is 22.7. The second-order valence-electron chi connectivity index (χ2n) is 6.52. The Kier molecular flexibility index (Phi) is 6.42. The smallest absolute Gasteiger partial charge is 0.276 e. The average Bonchev–Trinajstić information content (AvgIpc) is 3.28. The van der Waals surface area contributed by atoms with Crippen molar-refractivity contribution in [2.75, 3.05) is 25.3 Å². The molecule has 0 fully saturated rings. The number of ether oxygens (including phenoxy) is 2. The highest BCUT2D eigenvalue weighted by molar-refractivity contribution is 7.99. The first-order valence-corrected chi connectivity index (χ1v) is 11.3. The zero-order valence-corrected chi connectivity index (χ0v) is 18.8. The van der Waals surface area contributed by atoms with E-state index in [1.54, 1.807) is 41.8 Å². The molecule has 0 saturated carbocycles. The monoisotopic (exact) mass is 471 g/mol. The van der Waals surface area contributed by atoms with Crippen molar-refractivity contribution in [3.63, 3.8) is 0 Å². The van der Waals surface area contributed by atoms with Gasteiger partial charge >= 0.3 is 0 Å². The predicted molar refractivity (Wildman–Crippen MR) is 124 cm³/mol. The molecule has 164 valence electrons. The largest absolute Gasteiger partial charge is 0.497 e. The summed E-state index contributed by atoms with van der Waals surface area (Å²) in [5, 5.41) is 4.75. The molecule has 0 aliphatic carbocycles. The summed E-state index contributed by atoms with van der Waals surface area (Å²) >= 11 is 2.28. The minimum absolute atomic E-state index is 0.0499. The summed E-state index contributed by atoms with van der Waals surface area (Å²) in [6.45, 7) is 0. The maximum Gasteiger partial charge on any atom is 0.276 e. The molecule has 2 heterocycles. The number of para-hydroxylation sites is 1. The van der Waals surface area contributed by atoms with Gasteiger partial charge in [-0.25, -0.2) is 9.37 Å². The van der Waals surface area contributed by atoms with Gasteiger partial charge in [-0.15, -0.1) is 11.3 Å². The van der Waals surface area contributed by atoms with E-state index in [1.807, 2.05) is 0 Å². The number of nitrogens with zero attached hydrogens (tertiary/aromatic N) is 2. The number of methoxy groups -OCH3 is 2. The van der Waals surface area contributed by atoms with Crippen molar-refractivity contribution in [3.05, 3.63) is 70.1 Å². The maximum atomic E-state index is 14.5. The van der Waals surface area contributed by atoms with Crippen LogP contribution >= 0.6 is 23.1 Å². The Hall–Kier alpha value is -3.37. The van der Waals surface area contributed by atoms with Crippen molar-refractivity contribution in [1.29, 1.82) is 0 Å². The van der Waals surface area contributed by atoms with Crippen LogP contribution in [0.2, 0.25) is 0 Å². The van der Waals surface area contributed by atoms with Crippen molar-refractivity contribution < 1.29 is 18.7 Å². The Morgan fingerprint density at radius 2 is 2.00 bits per heavy atom. The van der Waals surface area contributed by atoms with E-state index in [4.69, 9.17) is 9.47 Å². The first-order chi connectivity index (χ1) is 15.5. The number of carbonyl (C=O) groups is 1. The molecule has 0 bridgehead atoms. The van der Waals surface area contributed by atoms with Gasteiger partial charge in [-0.2, -0.15) is 0 Å². The molecule has 0 saturated heterocycles. The molecule has 0 atom stereocenters. The number of nitrogens with one attached hydrogen (secondary N) is 1. The molecule has 2 aromatic carbocycles. The molecule has 10 heteroatoms. The fourth-order valence-electron chi connectivity index (χ4n) is 3.05. The molecule has 4 aromatic rings. The number of halogens is 1. The third-order valence-electron chi connectivity index (χ3n) is 4.56. The minimum Gasteiger partial charge on any atom is -0.497 e. The van der Waals surface area contributed by atoms with Gasteiger partial charge in [-0.1, -0.05) is 23.9 Å². The topological polar surface area (TPSA) is 82.5 Å². The summed E-state index contributed by atoms with van der Waals surface area (Å²) in [4.78, 5) is 30.2. The summed E-state index contributed by atoms with van der Waals surface area (Å²) < 4.78 is 26.6. The van der Waals surface area contributed by atoms with Gasteiger partial charge in [0.1, 0.15) is 22.0 Å². The van der Waals surface area contributed by atoms with Crippen LogP contribution in [0.3, 0.4) is 0 Å². The van der Waals surface area contributed by atoms with Gasteiger partial charge < -0.3 is 14.8 Å². The second kappa shape index (κ2) is 9.41. The SMILES string of the molecule is COc1ccc(NC(=O)CSc2nc3ccsc3c(=O)n2-c2ccccc2F)c(OC)c1. The van der Waals surface area contributed by atoms with Crippen molar-refractivity contribution in [2.24, 2.45) is 0 Å². The van der Waals surface area contributed by atoms with E-state index in [9.17, 15) is 14.0 Å². The van der Waals surface area contributed by atoms with Crippen LogP contribution in [0, 0.1) is 5.82 Å². The van der Waals surface area contributed by atoms with Gasteiger partial charge in [-0.3, -0.25) is 14.2 Å².